The lowest BCUT2D eigenvalue weighted by Gasteiger charge is -2.32. The Morgan fingerprint density at radius 1 is 1.10 bits per heavy atom. The van der Waals surface area contributed by atoms with Crippen molar-refractivity contribution >= 4 is 30.0 Å². The van der Waals surface area contributed by atoms with E-state index in [0.29, 0.717) is 11.4 Å². The first-order chi connectivity index (χ1) is 9.21. The van der Waals surface area contributed by atoms with Gasteiger partial charge in [0, 0.05) is 17.0 Å². The quantitative estimate of drug-likeness (QED) is 0.747. The number of ketones is 1. The Morgan fingerprint density at radius 2 is 1.70 bits per heavy atom. The first-order valence-corrected chi connectivity index (χ1v) is 7.30. The Labute approximate surface area is 124 Å². The molecule has 0 unspecified atom stereocenters. The largest absolute Gasteiger partial charge is 0.495 e. The molecule has 1 fully saturated rings. The Morgan fingerprint density at radius 3 is 2.30 bits per heavy atom. The lowest BCUT2D eigenvalue weighted by Crippen LogP contribution is -2.41. The molecule has 1 aromatic carbocycles. The highest BCUT2D eigenvalue weighted by Gasteiger charge is 2.52. The van der Waals surface area contributed by atoms with Gasteiger partial charge in [-0.2, -0.15) is 0 Å². The van der Waals surface area contributed by atoms with Crippen molar-refractivity contribution in [1.29, 1.82) is 0 Å². The van der Waals surface area contributed by atoms with Crippen LogP contribution in [0.15, 0.2) is 12.1 Å². The van der Waals surface area contributed by atoms with Crippen LogP contribution in [-0.2, 0) is 15.7 Å². The Bertz CT molecular complexity index is 579. The van der Waals surface area contributed by atoms with Gasteiger partial charge in [0.1, 0.15) is 0 Å². The molecule has 0 aromatic heterocycles. The van der Waals surface area contributed by atoms with Gasteiger partial charge in [0.25, 0.3) is 0 Å². The standard InChI is InChI=1S/C15H18BClO3/c1-14(2)15(3,4)20-16(19-14)12-8-9(17)7-11-10(12)5-6-13(11)18/h7-8H,5-6H2,1-4H3. The molecular weight excluding hydrogens is 274 g/mol. The molecule has 20 heavy (non-hydrogen) atoms. The van der Waals surface area contributed by atoms with Crippen LogP contribution in [0.1, 0.15) is 50.0 Å². The van der Waals surface area contributed by atoms with Gasteiger partial charge >= 0.3 is 7.12 Å². The number of hydrogen-bond acceptors (Lipinski definition) is 3. The number of rotatable bonds is 1. The smallest absolute Gasteiger partial charge is 0.399 e. The molecule has 1 aliphatic heterocycles. The van der Waals surface area contributed by atoms with Crippen LogP contribution in [-0.4, -0.2) is 24.1 Å². The van der Waals surface area contributed by atoms with Crippen LogP contribution >= 0.6 is 11.6 Å². The minimum Gasteiger partial charge on any atom is -0.399 e. The average Bonchev–Trinajstić information content (AvgIpc) is 2.78. The predicted molar refractivity (Wildman–Crippen MR) is 79.8 cm³/mol. The maximum absolute atomic E-state index is 11.9. The van der Waals surface area contributed by atoms with Crippen LogP contribution in [0.2, 0.25) is 5.02 Å². The zero-order chi connectivity index (χ0) is 14.7. The zero-order valence-corrected chi connectivity index (χ0v) is 13.0. The Balaban J connectivity index is 2.05. The third kappa shape index (κ3) is 2.02. The summed E-state index contributed by atoms with van der Waals surface area (Å²) in [6.07, 6.45) is 1.28. The normalized spacial score (nSPS) is 23.2. The molecule has 0 saturated carbocycles. The van der Waals surface area contributed by atoms with Gasteiger partial charge in [-0.3, -0.25) is 4.79 Å². The van der Waals surface area contributed by atoms with Gasteiger partial charge in [-0.25, -0.2) is 0 Å². The minimum absolute atomic E-state index is 0.153. The third-order valence-electron chi connectivity index (χ3n) is 4.66. The van der Waals surface area contributed by atoms with Crippen molar-refractivity contribution < 1.29 is 14.1 Å². The summed E-state index contributed by atoms with van der Waals surface area (Å²) >= 11 is 6.15. The van der Waals surface area contributed by atoms with E-state index in [2.05, 4.69) is 0 Å². The van der Waals surface area contributed by atoms with Gasteiger partial charge in [-0.05, 0) is 57.3 Å². The van der Waals surface area contributed by atoms with E-state index in [1.54, 1.807) is 6.07 Å². The van der Waals surface area contributed by atoms with Gasteiger partial charge in [0.05, 0.1) is 11.2 Å². The van der Waals surface area contributed by atoms with Crippen LogP contribution in [0.5, 0.6) is 0 Å². The summed E-state index contributed by atoms with van der Waals surface area (Å²) in [5.74, 6) is 0.153. The first kappa shape index (κ1) is 14.1. The van der Waals surface area contributed by atoms with E-state index < -0.39 is 18.3 Å². The molecule has 1 saturated heterocycles. The molecule has 106 valence electrons. The summed E-state index contributed by atoms with van der Waals surface area (Å²) in [5.41, 5.74) is 1.86. The maximum Gasteiger partial charge on any atom is 0.495 e. The molecule has 5 heteroatoms. The summed E-state index contributed by atoms with van der Waals surface area (Å²) < 4.78 is 12.1. The number of halogens is 1. The summed E-state index contributed by atoms with van der Waals surface area (Å²) in [6.45, 7) is 8.07. The fourth-order valence-corrected chi connectivity index (χ4v) is 2.97. The minimum atomic E-state index is -0.460. The number of carbonyl (C=O) groups is 1. The number of hydrogen-bond donors (Lipinski definition) is 0. The van der Waals surface area contributed by atoms with Crippen LogP contribution < -0.4 is 5.46 Å². The van der Waals surface area contributed by atoms with Gasteiger partial charge in [-0.1, -0.05) is 11.6 Å². The first-order valence-electron chi connectivity index (χ1n) is 6.92. The topological polar surface area (TPSA) is 35.5 Å². The number of carbonyl (C=O) groups excluding carboxylic acids is 1. The fourth-order valence-electron chi connectivity index (χ4n) is 2.74. The SMILES string of the molecule is CC1(C)OB(c2cc(Cl)cc3c2CCC3=O)OC1(C)C. The fraction of sp³-hybridized carbons (Fsp3) is 0.533. The predicted octanol–water partition coefficient (Wildman–Crippen LogP) is 2.77. The lowest BCUT2D eigenvalue weighted by molar-refractivity contribution is 0.00578. The van der Waals surface area contributed by atoms with Crippen molar-refractivity contribution in [1.82, 2.24) is 0 Å². The number of Topliss-reactive ketones (excluding diaryl/α,β-unsaturated/α-hetero) is 1. The van der Waals surface area contributed by atoms with E-state index in [1.807, 2.05) is 33.8 Å². The summed E-state index contributed by atoms with van der Waals surface area (Å²) in [7, 11) is -0.460. The van der Waals surface area contributed by atoms with E-state index in [9.17, 15) is 4.79 Å². The molecule has 0 radical (unpaired) electrons. The van der Waals surface area contributed by atoms with Crippen LogP contribution in [0.4, 0.5) is 0 Å². The summed E-state index contributed by atoms with van der Waals surface area (Å²) in [6, 6.07) is 3.61. The van der Waals surface area contributed by atoms with Crippen LogP contribution in [0.3, 0.4) is 0 Å². The van der Waals surface area contributed by atoms with Crippen molar-refractivity contribution in [3.05, 3.63) is 28.3 Å². The van der Waals surface area contributed by atoms with Crippen molar-refractivity contribution in [2.75, 3.05) is 0 Å². The van der Waals surface area contributed by atoms with E-state index >= 15 is 0 Å². The second-order valence-corrected chi connectivity index (χ2v) is 6.97. The average molecular weight is 293 g/mol. The highest BCUT2D eigenvalue weighted by molar-refractivity contribution is 6.63. The van der Waals surface area contributed by atoms with Gasteiger partial charge < -0.3 is 9.31 Å². The van der Waals surface area contributed by atoms with E-state index in [0.717, 1.165) is 23.0 Å². The van der Waals surface area contributed by atoms with E-state index in [4.69, 9.17) is 20.9 Å². The van der Waals surface area contributed by atoms with Crippen molar-refractivity contribution in [2.24, 2.45) is 0 Å². The molecule has 0 amide bonds. The van der Waals surface area contributed by atoms with Crippen LogP contribution in [0.25, 0.3) is 0 Å². The van der Waals surface area contributed by atoms with Gasteiger partial charge in [-0.15, -0.1) is 0 Å². The highest BCUT2D eigenvalue weighted by atomic mass is 35.5. The molecule has 1 heterocycles. The van der Waals surface area contributed by atoms with Crippen molar-refractivity contribution in [3.8, 4) is 0 Å². The van der Waals surface area contributed by atoms with Crippen LogP contribution in [0, 0.1) is 0 Å². The molecule has 0 spiro atoms. The number of benzene rings is 1. The maximum atomic E-state index is 11.9. The monoisotopic (exact) mass is 292 g/mol. The molecule has 1 aromatic rings. The number of fused-ring (bicyclic) bond motifs is 1. The summed E-state index contributed by atoms with van der Waals surface area (Å²) in [5, 5.41) is 0.559. The van der Waals surface area contributed by atoms with Crippen molar-refractivity contribution in [2.45, 2.75) is 51.7 Å². The molecular formula is C15H18BClO3. The second-order valence-electron chi connectivity index (χ2n) is 6.53. The molecule has 1 aliphatic carbocycles. The van der Waals surface area contributed by atoms with E-state index in [-0.39, 0.29) is 5.78 Å². The molecule has 0 atom stereocenters. The molecule has 0 N–H and O–H groups in total. The molecule has 3 rings (SSSR count). The molecule has 2 aliphatic rings. The molecule has 0 bridgehead atoms. The summed E-state index contributed by atoms with van der Waals surface area (Å²) in [4.78, 5) is 11.9. The zero-order valence-electron chi connectivity index (χ0n) is 12.2. The van der Waals surface area contributed by atoms with Crippen molar-refractivity contribution in [3.63, 3.8) is 0 Å². The second kappa shape index (κ2) is 4.33. The Kier molecular flexibility index (Phi) is 3.05. The third-order valence-corrected chi connectivity index (χ3v) is 4.88. The Hall–Kier alpha value is -0.835. The van der Waals surface area contributed by atoms with Gasteiger partial charge in [0.15, 0.2) is 5.78 Å². The lowest BCUT2D eigenvalue weighted by atomic mass is 9.75. The van der Waals surface area contributed by atoms with E-state index in [1.165, 1.54) is 0 Å². The molecule has 3 nitrogen and oxygen atoms in total. The highest BCUT2D eigenvalue weighted by Crippen LogP contribution is 2.37. The van der Waals surface area contributed by atoms with Gasteiger partial charge in [0.2, 0.25) is 0 Å².